The fourth-order valence-electron chi connectivity index (χ4n) is 2.47. The average molecular weight is 245 g/mol. The van der Waals surface area contributed by atoms with Crippen LogP contribution < -0.4 is 0 Å². The molecule has 2 unspecified atom stereocenters. The highest BCUT2D eigenvalue weighted by atomic mass is 32.2. The quantitative estimate of drug-likeness (QED) is 0.808. The van der Waals surface area contributed by atoms with Crippen molar-refractivity contribution in [2.45, 2.75) is 39.2 Å². The van der Waals surface area contributed by atoms with Gasteiger partial charge in [-0.25, -0.2) is 8.42 Å². The smallest absolute Gasteiger partial charge is 0.152 e. The maximum absolute atomic E-state index is 11.5. The van der Waals surface area contributed by atoms with Crippen molar-refractivity contribution in [3.63, 3.8) is 0 Å². The fourth-order valence-corrected chi connectivity index (χ4v) is 4.55. The molecule has 1 saturated heterocycles. The minimum atomic E-state index is -3.17. The minimum absolute atomic E-state index is 0.00874. The highest BCUT2D eigenvalue weighted by Crippen LogP contribution is 2.44. The van der Waals surface area contributed by atoms with Crippen molar-refractivity contribution in [3.05, 3.63) is 0 Å². The van der Waals surface area contributed by atoms with E-state index < -0.39 is 20.9 Å². The summed E-state index contributed by atoms with van der Waals surface area (Å²) in [5.41, 5.74) is -2.37. The van der Waals surface area contributed by atoms with E-state index in [1.165, 1.54) is 0 Å². The Morgan fingerprint density at radius 1 is 1.56 bits per heavy atom. The molecule has 1 aliphatic heterocycles. The second-order valence-electron chi connectivity index (χ2n) is 5.41. The summed E-state index contributed by atoms with van der Waals surface area (Å²) in [4.78, 5) is 0. The number of aliphatic hydroxyl groups is 1. The average Bonchev–Trinajstić information content (AvgIpc) is 2.41. The third-order valence-corrected chi connectivity index (χ3v) is 5.12. The predicted octanol–water partition coefficient (Wildman–Crippen LogP) is 1.11. The zero-order chi connectivity index (χ0) is 12.6. The monoisotopic (exact) mass is 245 g/mol. The molecule has 0 aromatic rings. The van der Waals surface area contributed by atoms with Crippen molar-refractivity contribution in [3.8, 4) is 6.07 Å². The van der Waals surface area contributed by atoms with Gasteiger partial charge in [0.25, 0.3) is 0 Å². The van der Waals surface area contributed by atoms with Gasteiger partial charge in [0.1, 0.15) is 5.41 Å². The van der Waals surface area contributed by atoms with Gasteiger partial charge in [-0.15, -0.1) is 0 Å². The molecule has 5 heteroatoms. The molecule has 4 nitrogen and oxygen atoms in total. The molecule has 1 aliphatic rings. The van der Waals surface area contributed by atoms with E-state index in [1.807, 2.05) is 19.9 Å². The lowest BCUT2D eigenvalue weighted by Gasteiger charge is -2.37. The molecule has 1 rings (SSSR count). The Balaban J connectivity index is 3.04. The van der Waals surface area contributed by atoms with Gasteiger partial charge in [0.15, 0.2) is 9.84 Å². The molecule has 0 amide bonds. The van der Waals surface area contributed by atoms with Crippen molar-refractivity contribution in [1.82, 2.24) is 0 Å². The van der Waals surface area contributed by atoms with Gasteiger partial charge in [0, 0.05) is 0 Å². The first-order valence-corrected chi connectivity index (χ1v) is 7.30. The van der Waals surface area contributed by atoms with Gasteiger partial charge in [-0.2, -0.15) is 5.26 Å². The molecule has 2 atom stereocenters. The molecule has 0 bridgehead atoms. The van der Waals surface area contributed by atoms with Crippen LogP contribution in [-0.4, -0.2) is 30.6 Å². The summed E-state index contributed by atoms with van der Waals surface area (Å²) < 4.78 is 23.0. The number of hydrogen-bond acceptors (Lipinski definition) is 4. The molecule has 1 fully saturated rings. The zero-order valence-corrected chi connectivity index (χ0v) is 10.8. The van der Waals surface area contributed by atoms with Crippen LogP contribution in [0.5, 0.6) is 0 Å². The van der Waals surface area contributed by atoms with Gasteiger partial charge < -0.3 is 5.11 Å². The molecule has 92 valence electrons. The van der Waals surface area contributed by atoms with Crippen LogP contribution in [0.2, 0.25) is 0 Å². The lowest BCUT2D eigenvalue weighted by atomic mass is 9.70. The standard InChI is InChI=1S/C11H19NO3S/c1-9(2)6-10(3,13)11(7-12)4-5-16(14,15)8-11/h9,13H,4-6,8H2,1-3H3. The van der Waals surface area contributed by atoms with Crippen LogP contribution >= 0.6 is 0 Å². The number of sulfone groups is 1. The van der Waals surface area contributed by atoms with Crippen molar-refractivity contribution < 1.29 is 13.5 Å². The fraction of sp³-hybridized carbons (Fsp3) is 0.909. The van der Waals surface area contributed by atoms with Gasteiger partial charge in [-0.1, -0.05) is 13.8 Å². The Morgan fingerprint density at radius 3 is 2.44 bits per heavy atom. The Hall–Kier alpha value is -0.600. The van der Waals surface area contributed by atoms with Crippen LogP contribution in [0, 0.1) is 22.7 Å². The van der Waals surface area contributed by atoms with E-state index in [2.05, 4.69) is 0 Å². The van der Waals surface area contributed by atoms with Gasteiger partial charge in [0.2, 0.25) is 0 Å². The third-order valence-electron chi connectivity index (χ3n) is 3.36. The molecule has 0 saturated carbocycles. The molecule has 0 aliphatic carbocycles. The van der Waals surface area contributed by atoms with Crippen molar-refractivity contribution in [1.29, 1.82) is 5.26 Å². The summed E-state index contributed by atoms with van der Waals surface area (Å²) >= 11 is 0. The van der Waals surface area contributed by atoms with E-state index in [0.29, 0.717) is 6.42 Å². The number of hydrogen-bond donors (Lipinski definition) is 1. The molecule has 0 aromatic heterocycles. The second-order valence-corrected chi connectivity index (χ2v) is 7.59. The van der Waals surface area contributed by atoms with Crippen LogP contribution in [-0.2, 0) is 9.84 Å². The van der Waals surface area contributed by atoms with Crippen LogP contribution in [0.3, 0.4) is 0 Å². The van der Waals surface area contributed by atoms with Crippen LogP contribution in [0.25, 0.3) is 0 Å². The van der Waals surface area contributed by atoms with E-state index in [9.17, 15) is 18.8 Å². The minimum Gasteiger partial charge on any atom is -0.388 e. The molecule has 0 radical (unpaired) electrons. The Labute approximate surface area is 97.2 Å². The summed E-state index contributed by atoms with van der Waals surface area (Å²) in [6.45, 7) is 5.48. The Kier molecular flexibility index (Phi) is 3.37. The van der Waals surface area contributed by atoms with Crippen molar-refractivity contribution in [2.24, 2.45) is 11.3 Å². The first kappa shape index (κ1) is 13.5. The topological polar surface area (TPSA) is 78.2 Å². The third kappa shape index (κ3) is 2.38. The predicted molar refractivity (Wildman–Crippen MR) is 61.4 cm³/mol. The molecule has 1 heterocycles. The van der Waals surface area contributed by atoms with E-state index >= 15 is 0 Å². The van der Waals surface area contributed by atoms with E-state index in [4.69, 9.17) is 0 Å². The van der Waals surface area contributed by atoms with E-state index in [-0.39, 0.29) is 23.8 Å². The van der Waals surface area contributed by atoms with Gasteiger partial charge in [-0.3, -0.25) is 0 Å². The maximum Gasteiger partial charge on any atom is 0.152 e. The summed E-state index contributed by atoms with van der Waals surface area (Å²) in [5, 5.41) is 19.6. The van der Waals surface area contributed by atoms with Crippen LogP contribution in [0.15, 0.2) is 0 Å². The van der Waals surface area contributed by atoms with E-state index in [0.717, 1.165) is 0 Å². The molecule has 1 N–H and O–H groups in total. The molecule has 0 spiro atoms. The summed E-state index contributed by atoms with van der Waals surface area (Å²) in [7, 11) is -3.17. The highest BCUT2D eigenvalue weighted by molar-refractivity contribution is 7.91. The number of nitrogens with zero attached hydrogens (tertiary/aromatic N) is 1. The molecule has 16 heavy (non-hydrogen) atoms. The first-order chi connectivity index (χ1) is 7.14. The molecular formula is C11H19NO3S. The SMILES string of the molecule is CC(C)CC(C)(O)C1(C#N)CCS(=O)(=O)C1. The molecule has 0 aromatic carbocycles. The second kappa shape index (κ2) is 4.01. The lowest BCUT2D eigenvalue weighted by molar-refractivity contribution is -0.0431. The number of rotatable bonds is 3. The summed E-state index contributed by atoms with van der Waals surface area (Å²) in [6.07, 6.45) is 0.682. The number of nitriles is 1. The van der Waals surface area contributed by atoms with E-state index in [1.54, 1.807) is 6.92 Å². The Bertz CT molecular complexity index is 405. The highest BCUT2D eigenvalue weighted by Gasteiger charge is 2.54. The first-order valence-electron chi connectivity index (χ1n) is 5.48. The lowest BCUT2D eigenvalue weighted by Crippen LogP contribution is -2.47. The molecular weight excluding hydrogens is 226 g/mol. The van der Waals surface area contributed by atoms with Crippen LogP contribution in [0.4, 0.5) is 0 Å². The summed E-state index contributed by atoms with van der Waals surface area (Å²) in [5.74, 6) is 0.0221. The van der Waals surface area contributed by atoms with Crippen molar-refractivity contribution >= 4 is 9.84 Å². The summed E-state index contributed by atoms with van der Waals surface area (Å²) in [6, 6.07) is 2.05. The zero-order valence-electron chi connectivity index (χ0n) is 10.0. The maximum atomic E-state index is 11.5. The van der Waals surface area contributed by atoms with Crippen LogP contribution in [0.1, 0.15) is 33.6 Å². The Morgan fingerprint density at radius 2 is 2.12 bits per heavy atom. The normalized spacial score (nSPS) is 32.2. The van der Waals surface area contributed by atoms with Crippen molar-refractivity contribution in [2.75, 3.05) is 11.5 Å². The largest absolute Gasteiger partial charge is 0.388 e. The van der Waals surface area contributed by atoms with Gasteiger partial charge in [0.05, 0.1) is 23.2 Å². The van der Waals surface area contributed by atoms with Gasteiger partial charge in [-0.05, 0) is 25.7 Å². The van der Waals surface area contributed by atoms with Gasteiger partial charge >= 0.3 is 0 Å².